The number of anilines is 1. The Morgan fingerprint density at radius 1 is 1.73 bits per heavy atom. The van der Waals surface area contributed by atoms with Crippen LogP contribution in [-0.4, -0.2) is 12.1 Å². The average Bonchev–Trinajstić information content (AvgIpc) is 1.97. The molecule has 60 valence electrons. The van der Waals surface area contributed by atoms with Crippen LogP contribution in [0.1, 0.15) is 5.56 Å². The zero-order valence-electron chi connectivity index (χ0n) is 6.17. The fourth-order valence-electron chi connectivity index (χ4n) is 0.771. The highest BCUT2D eigenvalue weighted by atomic mass is 35.5. The van der Waals surface area contributed by atoms with E-state index < -0.39 is 0 Å². The summed E-state index contributed by atoms with van der Waals surface area (Å²) in [7, 11) is 1.59. The van der Waals surface area contributed by atoms with Gasteiger partial charge >= 0.3 is 0 Å². The van der Waals surface area contributed by atoms with Crippen molar-refractivity contribution in [1.82, 2.24) is 4.98 Å². The SMILES string of the molecule is COCc1c(Cl)ccnc1N. The summed E-state index contributed by atoms with van der Waals surface area (Å²) in [6, 6.07) is 1.69. The fourth-order valence-corrected chi connectivity index (χ4v) is 0.979. The van der Waals surface area contributed by atoms with Crippen LogP contribution in [0, 0.1) is 0 Å². The molecule has 0 unspecified atom stereocenters. The van der Waals surface area contributed by atoms with Crippen molar-refractivity contribution in [3.05, 3.63) is 22.8 Å². The molecular weight excluding hydrogens is 164 g/mol. The predicted octanol–water partition coefficient (Wildman–Crippen LogP) is 1.46. The van der Waals surface area contributed by atoms with Crippen LogP contribution in [0.5, 0.6) is 0 Å². The molecule has 11 heavy (non-hydrogen) atoms. The maximum Gasteiger partial charge on any atom is 0.130 e. The minimum Gasteiger partial charge on any atom is -0.383 e. The molecule has 0 aliphatic rings. The van der Waals surface area contributed by atoms with Gasteiger partial charge in [-0.05, 0) is 6.07 Å². The largest absolute Gasteiger partial charge is 0.383 e. The number of rotatable bonds is 2. The maximum absolute atomic E-state index is 5.81. The molecule has 0 spiro atoms. The number of nitrogen functional groups attached to an aromatic ring is 1. The third kappa shape index (κ3) is 1.82. The number of aromatic nitrogens is 1. The molecule has 0 radical (unpaired) electrons. The molecule has 1 rings (SSSR count). The Morgan fingerprint density at radius 2 is 2.45 bits per heavy atom. The topological polar surface area (TPSA) is 48.1 Å². The van der Waals surface area contributed by atoms with Crippen molar-refractivity contribution in [3.8, 4) is 0 Å². The lowest BCUT2D eigenvalue weighted by molar-refractivity contribution is 0.185. The summed E-state index contributed by atoms with van der Waals surface area (Å²) in [6.07, 6.45) is 1.57. The van der Waals surface area contributed by atoms with Gasteiger partial charge in [-0.1, -0.05) is 11.6 Å². The quantitative estimate of drug-likeness (QED) is 0.735. The first-order chi connectivity index (χ1) is 5.25. The second-order valence-electron chi connectivity index (χ2n) is 2.09. The Hall–Kier alpha value is -0.800. The highest BCUT2D eigenvalue weighted by Gasteiger charge is 2.03. The Labute approximate surface area is 70.1 Å². The van der Waals surface area contributed by atoms with E-state index in [-0.39, 0.29) is 0 Å². The molecule has 0 atom stereocenters. The van der Waals surface area contributed by atoms with Crippen molar-refractivity contribution in [2.24, 2.45) is 0 Å². The number of pyridine rings is 1. The molecule has 0 bridgehead atoms. The Bertz CT molecular complexity index is 232. The zero-order chi connectivity index (χ0) is 8.27. The molecule has 0 aromatic carbocycles. The van der Waals surface area contributed by atoms with Crippen LogP contribution in [0.3, 0.4) is 0 Å². The van der Waals surface area contributed by atoms with Crippen molar-refractivity contribution >= 4 is 17.4 Å². The van der Waals surface area contributed by atoms with Crippen molar-refractivity contribution in [2.75, 3.05) is 12.8 Å². The van der Waals surface area contributed by atoms with Crippen LogP contribution in [0.2, 0.25) is 5.02 Å². The summed E-state index contributed by atoms with van der Waals surface area (Å²) < 4.78 is 4.89. The summed E-state index contributed by atoms with van der Waals surface area (Å²) >= 11 is 5.81. The lowest BCUT2D eigenvalue weighted by Gasteiger charge is -2.04. The van der Waals surface area contributed by atoms with Crippen molar-refractivity contribution in [1.29, 1.82) is 0 Å². The smallest absolute Gasteiger partial charge is 0.130 e. The van der Waals surface area contributed by atoms with E-state index in [0.717, 1.165) is 5.56 Å². The Kier molecular flexibility index (Phi) is 2.68. The van der Waals surface area contributed by atoms with Crippen LogP contribution in [0.4, 0.5) is 5.82 Å². The maximum atomic E-state index is 5.81. The van der Waals surface area contributed by atoms with Gasteiger partial charge < -0.3 is 10.5 Å². The summed E-state index contributed by atoms with van der Waals surface area (Å²) in [5, 5.41) is 0.597. The monoisotopic (exact) mass is 172 g/mol. The van der Waals surface area contributed by atoms with Crippen molar-refractivity contribution in [3.63, 3.8) is 0 Å². The van der Waals surface area contributed by atoms with E-state index in [2.05, 4.69) is 4.98 Å². The zero-order valence-corrected chi connectivity index (χ0v) is 6.93. The van der Waals surface area contributed by atoms with E-state index in [1.165, 1.54) is 0 Å². The van der Waals surface area contributed by atoms with Crippen LogP contribution < -0.4 is 5.73 Å². The third-order valence-electron chi connectivity index (χ3n) is 1.32. The predicted molar refractivity (Wildman–Crippen MR) is 44.4 cm³/mol. The minimum absolute atomic E-state index is 0.401. The molecule has 2 N–H and O–H groups in total. The van der Waals surface area contributed by atoms with E-state index in [1.54, 1.807) is 19.4 Å². The van der Waals surface area contributed by atoms with Gasteiger partial charge in [-0.2, -0.15) is 0 Å². The first-order valence-electron chi connectivity index (χ1n) is 3.13. The second kappa shape index (κ2) is 3.55. The lowest BCUT2D eigenvalue weighted by Crippen LogP contribution is -1.99. The van der Waals surface area contributed by atoms with Gasteiger partial charge in [0, 0.05) is 18.9 Å². The van der Waals surface area contributed by atoms with E-state index in [4.69, 9.17) is 22.1 Å². The normalized spacial score (nSPS) is 10.0. The fraction of sp³-hybridized carbons (Fsp3) is 0.286. The number of halogens is 1. The van der Waals surface area contributed by atoms with Gasteiger partial charge in [-0.3, -0.25) is 0 Å². The molecule has 0 aliphatic carbocycles. The van der Waals surface area contributed by atoms with Crippen LogP contribution in [-0.2, 0) is 11.3 Å². The first-order valence-corrected chi connectivity index (χ1v) is 3.51. The number of hydrogen-bond donors (Lipinski definition) is 1. The molecule has 0 saturated heterocycles. The standard InChI is InChI=1S/C7H9ClN2O/c1-11-4-5-6(8)2-3-10-7(5)9/h2-3H,4H2,1H3,(H2,9,10). The first kappa shape index (κ1) is 8.30. The molecule has 4 heteroatoms. The van der Waals surface area contributed by atoms with Crippen molar-refractivity contribution in [2.45, 2.75) is 6.61 Å². The van der Waals surface area contributed by atoms with E-state index in [0.29, 0.717) is 17.4 Å². The van der Waals surface area contributed by atoms with E-state index in [9.17, 15) is 0 Å². The summed E-state index contributed by atoms with van der Waals surface area (Å²) in [5.74, 6) is 0.430. The molecule has 0 amide bonds. The number of nitrogens with zero attached hydrogens (tertiary/aromatic N) is 1. The van der Waals surface area contributed by atoms with Gasteiger partial charge in [-0.25, -0.2) is 4.98 Å². The summed E-state index contributed by atoms with van der Waals surface area (Å²) in [4.78, 5) is 3.87. The van der Waals surface area contributed by atoms with Crippen molar-refractivity contribution < 1.29 is 4.74 Å². The number of ether oxygens (including phenoxy) is 1. The molecule has 1 heterocycles. The lowest BCUT2D eigenvalue weighted by atomic mass is 10.3. The molecule has 0 aliphatic heterocycles. The molecule has 1 aromatic heterocycles. The van der Waals surface area contributed by atoms with Crippen LogP contribution >= 0.6 is 11.6 Å². The summed E-state index contributed by atoms with van der Waals surface area (Å²) in [5.41, 5.74) is 6.28. The number of nitrogens with two attached hydrogens (primary N) is 1. The molecule has 3 nitrogen and oxygen atoms in total. The third-order valence-corrected chi connectivity index (χ3v) is 1.67. The van der Waals surface area contributed by atoms with Gasteiger partial charge in [0.25, 0.3) is 0 Å². The van der Waals surface area contributed by atoms with E-state index in [1.807, 2.05) is 0 Å². The van der Waals surface area contributed by atoms with Gasteiger partial charge in [0.1, 0.15) is 5.82 Å². The van der Waals surface area contributed by atoms with Crippen LogP contribution in [0.15, 0.2) is 12.3 Å². The van der Waals surface area contributed by atoms with Gasteiger partial charge in [0.2, 0.25) is 0 Å². The van der Waals surface area contributed by atoms with Crippen LogP contribution in [0.25, 0.3) is 0 Å². The number of hydrogen-bond acceptors (Lipinski definition) is 3. The van der Waals surface area contributed by atoms with Gasteiger partial charge in [0.05, 0.1) is 11.6 Å². The molecule has 1 aromatic rings. The highest BCUT2D eigenvalue weighted by molar-refractivity contribution is 6.31. The second-order valence-corrected chi connectivity index (χ2v) is 2.50. The minimum atomic E-state index is 0.401. The molecular formula is C7H9ClN2O. The van der Waals surface area contributed by atoms with Gasteiger partial charge in [-0.15, -0.1) is 0 Å². The Morgan fingerprint density at radius 3 is 3.00 bits per heavy atom. The summed E-state index contributed by atoms with van der Waals surface area (Å²) in [6.45, 7) is 0.401. The average molecular weight is 173 g/mol. The Balaban J connectivity index is 3.00. The molecule has 0 saturated carbocycles. The highest BCUT2D eigenvalue weighted by Crippen LogP contribution is 2.19. The van der Waals surface area contributed by atoms with Gasteiger partial charge in [0.15, 0.2) is 0 Å². The van der Waals surface area contributed by atoms with E-state index >= 15 is 0 Å². The number of methoxy groups -OCH3 is 1. The molecule has 0 fully saturated rings.